The second-order valence-electron chi connectivity index (χ2n) is 9.66. The minimum Gasteiger partial charge on any atom is -0.348 e. The summed E-state index contributed by atoms with van der Waals surface area (Å²) in [6, 6.07) is 24.1. The second kappa shape index (κ2) is 11.2. The number of Topliss-reactive ketones (excluding diaryl/α,β-unsaturated/α-hetero) is 2. The fourth-order valence-corrected chi connectivity index (χ4v) is 5.34. The molecule has 186 valence electrons. The lowest BCUT2D eigenvalue weighted by Gasteiger charge is -2.43. The van der Waals surface area contributed by atoms with Crippen molar-refractivity contribution in [1.82, 2.24) is 9.80 Å². The van der Waals surface area contributed by atoms with Crippen molar-refractivity contribution >= 4 is 29.1 Å². The number of nitrogens with zero attached hydrogens (tertiary/aromatic N) is 2. The van der Waals surface area contributed by atoms with Crippen LogP contribution in [0.1, 0.15) is 37.8 Å². The van der Waals surface area contributed by atoms with E-state index in [-0.39, 0.29) is 24.0 Å². The Bertz CT molecular complexity index is 1180. The summed E-state index contributed by atoms with van der Waals surface area (Å²) in [5, 5.41) is 0.581. The van der Waals surface area contributed by atoms with Crippen LogP contribution in [0.25, 0.3) is 0 Å². The number of carbonyl (C=O) groups excluding carboxylic acids is 3. The number of carbonyl (C=O) groups is 3. The number of halogens is 1. The summed E-state index contributed by atoms with van der Waals surface area (Å²) in [7, 11) is 3.42. The molecule has 4 rings (SSSR count). The predicted octanol–water partition coefficient (Wildman–Crippen LogP) is 5.13. The van der Waals surface area contributed by atoms with E-state index in [1.54, 1.807) is 38.4 Å². The van der Waals surface area contributed by atoms with Gasteiger partial charge in [-0.1, -0.05) is 90.5 Å². The molecule has 0 N–H and O–H groups in total. The molecule has 5 nitrogen and oxygen atoms in total. The number of likely N-dealkylation sites (N-methyl/N-ethyl adjacent to an activating group) is 1. The van der Waals surface area contributed by atoms with E-state index in [2.05, 4.69) is 0 Å². The van der Waals surface area contributed by atoms with Gasteiger partial charge in [-0.3, -0.25) is 19.3 Å². The van der Waals surface area contributed by atoms with E-state index in [9.17, 15) is 14.4 Å². The van der Waals surface area contributed by atoms with Crippen molar-refractivity contribution in [2.75, 3.05) is 33.7 Å². The lowest BCUT2D eigenvalue weighted by Crippen LogP contribution is -2.52. The maximum atomic E-state index is 14.0. The van der Waals surface area contributed by atoms with Crippen molar-refractivity contribution in [2.45, 2.75) is 12.8 Å². The van der Waals surface area contributed by atoms with Gasteiger partial charge in [0.25, 0.3) is 0 Å². The molecular weight excluding hydrogens is 472 g/mol. The topological polar surface area (TPSA) is 57.7 Å². The summed E-state index contributed by atoms with van der Waals surface area (Å²) >= 11 is 6.82. The largest absolute Gasteiger partial charge is 0.348 e. The first-order valence-corrected chi connectivity index (χ1v) is 12.5. The molecule has 1 fully saturated rings. The Hall–Kier alpha value is -3.28. The van der Waals surface area contributed by atoms with E-state index >= 15 is 0 Å². The molecule has 0 spiro atoms. The predicted molar refractivity (Wildman–Crippen MR) is 143 cm³/mol. The van der Waals surface area contributed by atoms with Gasteiger partial charge in [0.2, 0.25) is 5.91 Å². The van der Waals surface area contributed by atoms with Crippen molar-refractivity contribution in [1.29, 1.82) is 0 Å². The molecule has 0 aromatic heterocycles. The molecule has 36 heavy (non-hydrogen) atoms. The van der Waals surface area contributed by atoms with Crippen molar-refractivity contribution in [3.63, 3.8) is 0 Å². The van der Waals surface area contributed by atoms with Crippen LogP contribution >= 0.6 is 11.6 Å². The SMILES string of the molecule is Cc1cccc(C2C(C(=O)c3ccccc3)CN(CC(=O)N(C)C)CC2C(=O)c2ccccc2)c1Cl. The van der Waals surface area contributed by atoms with Crippen LogP contribution in [0, 0.1) is 18.8 Å². The minimum absolute atomic E-state index is 0.0500. The van der Waals surface area contributed by atoms with E-state index in [0.717, 1.165) is 11.1 Å². The molecule has 6 heteroatoms. The molecule has 1 aliphatic rings. The zero-order chi connectivity index (χ0) is 25.8. The summed E-state index contributed by atoms with van der Waals surface area (Å²) in [4.78, 5) is 44.1. The van der Waals surface area contributed by atoms with E-state index in [4.69, 9.17) is 11.6 Å². The number of rotatable bonds is 7. The average molecular weight is 503 g/mol. The van der Waals surface area contributed by atoms with E-state index < -0.39 is 17.8 Å². The summed E-state index contributed by atoms with van der Waals surface area (Å²) < 4.78 is 0. The molecular formula is C30H31ClN2O3. The van der Waals surface area contributed by atoms with Gasteiger partial charge in [0.15, 0.2) is 11.6 Å². The number of hydrogen-bond donors (Lipinski definition) is 0. The van der Waals surface area contributed by atoms with Gasteiger partial charge >= 0.3 is 0 Å². The van der Waals surface area contributed by atoms with Crippen molar-refractivity contribution < 1.29 is 14.4 Å². The molecule has 0 radical (unpaired) electrons. The second-order valence-corrected chi connectivity index (χ2v) is 10.0. The number of hydrogen-bond acceptors (Lipinski definition) is 4. The smallest absolute Gasteiger partial charge is 0.236 e. The van der Waals surface area contributed by atoms with Crippen LogP contribution in [0.15, 0.2) is 78.9 Å². The van der Waals surface area contributed by atoms with Gasteiger partial charge in [0.1, 0.15) is 0 Å². The van der Waals surface area contributed by atoms with Crippen LogP contribution in [0.2, 0.25) is 5.02 Å². The first-order chi connectivity index (χ1) is 17.3. The molecule has 3 aromatic carbocycles. The van der Waals surface area contributed by atoms with Crippen LogP contribution in [0.5, 0.6) is 0 Å². The van der Waals surface area contributed by atoms with Gasteiger partial charge in [0.05, 0.1) is 6.54 Å². The van der Waals surface area contributed by atoms with E-state index in [1.807, 2.05) is 66.4 Å². The van der Waals surface area contributed by atoms with Gasteiger partial charge in [-0.25, -0.2) is 0 Å². The molecule has 1 heterocycles. The first-order valence-electron chi connectivity index (χ1n) is 12.1. The summed E-state index contributed by atoms with van der Waals surface area (Å²) in [5.41, 5.74) is 2.88. The fraction of sp³-hybridized carbons (Fsp3) is 0.300. The molecule has 0 bridgehead atoms. The van der Waals surface area contributed by atoms with Crippen LogP contribution in [-0.2, 0) is 4.79 Å². The maximum absolute atomic E-state index is 14.0. The molecule has 0 aliphatic carbocycles. The third-order valence-electron chi connectivity index (χ3n) is 7.01. The number of benzene rings is 3. The number of piperidine rings is 1. The highest BCUT2D eigenvalue weighted by atomic mass is 35.5. The van der Waals surface area contributed by atoms with E-state index in [0.29, 0.717) is 29.2 Å². The minimum atomic E-state index is -0.548. The highest BCUT2D eigenvalue weighted by Crippen LogP contribution is 2.43. The van der Waals surface area contributed by atoms with Crippen LogP contribution in [-0.4, -0.2) is 61.0 Å². The van der Waals surface area contributed by atoms with Gasteiger partial charge in [-0.05, 0) is 18.1 Å². The molecule has 0 saturated carbocycles. The number of amides is 1. The Labute approximate surface area is 217 Å². The average Bonchev–Trinajstić information content (AvgIpc) is 2.90. The normalized spacial score (nSPS) is 20.1. The summed E-state index contributed by atoms with van der Waals surface area (Å²) in [6.07, 6.45) is 0. The van der Waals surface area contributed by atoms with Gasteiger partial charge in [-0.2, -0.15) is 0 Å². The molecule has 2 unspecified atom stereocenters. The number of aryl methyl sites for hydroxylation is 1. The van der Waals surface area contributed by atoms with Gasteiger partial charge in [0, 0.05) is 61.1 Å². The maximum Gasteiger partial charge on any atom is 0.236 e. The van der Waals surface area contributed by atoms with Crippen molar-refractivity contribution in [3.8, 4) is 0 Å². The third kappa shape index (κ3) is 5.43. The Morgan fingerprint density at radius 2 is 1.31 bits per heavy atom. The highest BCUT2D eigenvalue weighted by molar-refractivity contribution is 6.32. The molecule has 3 aromatic rings. The van der Waals surface area contributed by atoms with Crippen molar-refractivity contribution in [2.24, 2.45) is 11.8 Å². The zero-order valence-corrected chi connectivity index (χ0v) is 21.6. The Morgan fingerprint density at radius 1 is 0.806 bits per heavy atom. The lowest BCUT2D eigenvalue weighted by molar-refractivity contribution is -0.130. The molecule has 1 amide bonds. The lowest BCUT2D eigenvalue weighted by atomic mass is 9.68. The standard InChI is InChI=1S/C30H31ClN2O3/c1-20-11-10-16-23(28(20)31)27-24(29(35)21-12-6-4-7-13-21)17-33(19-26(34)32(2)3)18-25(27)30(36)22-14-8-5-9-15-22/h4-16,24-25,27H,17-19H2,1-3H3. The molecule has 1 aliphatic heterocycles. The third-order valence-corrected chi connectivity index (χ3v) is 7.52. The van der Waals surface area contributed by atoms with Crippen molar-refractivity contribution in [3.05, 3.63) is 106 Å². The Morgan fingerprint density at radius 3 is 1.78 bits per heavy atom. The first kappa shape index (κ1) is 25.8. The van der Waals surface area contributed by atoms with Gasteiger partial charge < -0.3 is 4.90 Å². The molecule has 2 atom stereocenters. The monoisotopic (exact) mass is 502 g/mol. The summed E-state index contributed by atoms with van der Waals surface area (Å²) in [6.45, 7) is 2.79. The Kier molecular flexibility index (Phi) is 8.02. The summed E-state index contributed by atoms with van der Waals surface area (Å²) in [5.74, 6) is -1.69. The number of ketones is 2. The quantitative estimate of drug-likeness (QED) is 0.420. The van der Waals surface area contributed by atoms with Crippen LogP contribution < -0.4 is 0 Å². The highest BCUT2D eigenvalue weighted by Gasteiger charge is 2.46. The Balaban J connectivity index is 1.85. The molecule has 1 saturated heterocycles. The van der Waals surface area contributed by atoms with E-state index in [1.165, 1.54) is 4.90 Å². The van der Waals surface area contributed by atoms with Crippen LogP contribution in [0.4, 0.5) is 0 Å². The zero-order valence-electron chi connectivity index (χ0n) is 20.9. The fourth-order valence-electron chi connectivity index (χ4n) is 5.09. The van der Waals surface area contributed by atoms with Crippen LogP contribution in [0.3, 0.4) is 0 Å². The number of likely N-dealkylation sites (tertiary alicyclic amines) is 1. The van der Waals surface area contributed by atoms with Gasteiger partial charge in [-0.15, -0.1) is 0 Å².